The zero-order valence-corrected chi connectivity index (χ0v) is 14.8. The van der Waals surface area contributed by atoms with Crippen molar-refractivity contribution in [1.82, 2.24) is 5.43 Å². The molecule has 0 saturated heterocycles. The third-order valence-corrected chi connectivity index (χ3v) is 3.51. The van der Waals surface area contributed by atoms with Gasteiger partial charge in [0.15, 0.2) is 18.1 Å². The molecule has 2 rings (SSSR count). The van der Waals surface area contributed by atoms with E-state index < -0.39 is 0 Å². The van der Waals surface area contributed by atoms with E-state index in [1.54, 1.807) is 39.3 Å². The first-order valence-corrected chi connectivity index (χ1v) is 7.78. The van der Waals surface area contributed by atoms with Crippen LogP contribution in [-0.2, 0) is 4.79 Å². The molecule has 0 spiro atoms. The van der Waals surface area contributed by atoms with Gasteiger partial charge in [0.25, 0.3) is 5.91 Å². The lowest BCUT2D eigenvalue weighted by molar-refractivity contribution is -0.123. The number of carbonyl (C=O) groups is 1. The molecule has 1 amide bonds. The standard InChI is InChI=1S/C19H22N2O4/c1-13-6-5-7-16(10-13)25-12-19(22)21-20-14(2)15-8-9-17(23-3)18(11-15)24-4/h5-11H,12H2,1-4H3,(H,21,22)/b20-14-. The van der Waals surface area contributed by atoms with Gasteiger partial charge in [-0.25, -0.2) is 5.43 Å². The van der Waals surface area contributed by atoms with Crippen molar-refractivity contribution in [3.8, 4) is 17.2 Å². The van der Waals surface area contributed by atoms with Gasteiger partial charge in [0.1, 0.15) is 5.75 Å². The quantitative estimate of drug-likeness (QED) is 0.620. The monoisotopic (exact) mass is 342 g/mol. The Labute approximate surface area is 147 Å². The molecule has 25 heavy (non-hydrogen) atoms. The normalized spacial score (nSPS) is 11.0. The van der Waals surface area contributed by atoms with Gasteiger partial charge >= 0.3 is 0 Å². The highest BCUT2D eigenvalue weighted by Crippen LogP contribution is 2.27. The van der Waals surface area contributed by atoms with Crippen molar-refractivity contribution in [2.75, 3.05) is 20.8 Å². The lowest BCUT2D eigenvalue weighted by atomic mass is 10.1. The zero-order valence-electron chi connectivity index (χ0n) is 14.8. The maximum absolute atomic E-state index is 11.9. The topological polar surface area (TPSA) is 69.2 Å². The number of aryl methyl sites for hydroxylation is 1. The predicted molar refractivity (Wildman–Crippen MR) is 96.6 cm³/mol. The number of carbonyl (C=O) groups excluding carboxylic acids is 1. The van der Waals surface area contributed by atoms with Crippen molar-refractivity contribution in [3.63, 3.8) is 0 Å². The second kappa shape index (κ2) is 8.73. The summed E-state index contributed by atoms with van der Waals surface area (Å²) in [6.07, 6.45) is 0. The van der Waals surface area contributed by atoms with E-state index in [4.69, 9.17) is 14.2 Å². The number of ether oxygens (including phenoxy) is 3. The number of hydrogen-bond acceptors (Lipinski definition) is 5. The summed E-state index contributed by atoms with van der Waals surface area (Å²) in [5.41, 5.74) is 5.01. The Morgan fingerprint density at radius 1 is 1.08 bits per heavy atom. The van der Waals surface area contributed by atoms with Gasteiger partial charge in [0.05, 0.1) is 19.9 Å². The first-order valence-electron chi connectivity index (χ1n) is 7.78. The van der Waals surface area contributed by atoms with Crippen LogP contribution in [0.3, 0.4) is 0 Å². The SMILES string of the molecule is COc1ccc(/C(C)=N\NC(=O)COc2cccc(C)c2)cc1OC. The van der Waals surface area contributed by atoms with Crippen LogP contribution in [0.15, 0.2) is 47.6 Å². The summed E-state index contributed by atoms with van der Waals surface area (Å²) in [4.78, 5) is 11.9. The summed E-state index contributed by atoms with van der Waals surface area (Å²) < 4.78 is 15.9. The molecule has 0 radical (unpaired) electrons. The average molecular weight is 342 g/mol. The fourth-order valence-corrected chi connectivity index (χ4v) is 2.16. The van der Waals surface area contributed by atoms with Gasteiger partial charge in [0, 0.05) is 5.56 Å². The minimum absolute atomic E-state index is 0.105. The van der Waals surface area contributed by atoms with E-state index in [9.17, 15) is 4.79 Å². The van der Waals surface area contributed by atoms with Gasteiger partial charge < -0.3 is 14.2 Å². The van der Waals surface area contributed by atoms with E-state index >= 15 is 0 Å². The Bertz CT molecular complexity index is 772. The van der Waals surface area contributed by atoms with Crippen molar-refractivity contribution in [2.24, 2.45) is 5.10 Å². The third-order valence-electron chi connectivity index (χ3n) is 3.51. The molecule has 6 heteroatoms. The van der Waals surface area contributed by atoms with Gasteiger partial charge in [-0.2, -0.15) is 5.10 Å². The summed E-state index contributed by atoms with van der Waals surface area (Å²) in [5.74, 6) is 1.55. The highest BCUT2D eigenvalue weighted by atomic mass is 16.5. The van der Waals surface area contributed by atoms with E-state index in [0.29, 0.717) is 23.0 Å². The molecule has 6 nitrogen and oxygen atoms in total. The second-order valence-electron chi connectivity index (χ2n) is 5.41. The minimum atomic E-state index is -0.332. The summed E-state index contributed by atoms with van der Waals surface area (Å²) in [6.45, 7) is 3.65. The summed E-state index contributed by atoms with van der Waals surface area (Å²) in [6, 6.07) is 12.9. The third kappa shape index (κ3) is 5.24. The number of hydrazone groups is 1. The fraction of sp³-hybridized carbons (Fsp3) is 0.263. The first-order chi connectivity index (χ1) is 12.0. The molecular weight excluding hydrogens is 320 g/mol. The molecule has 0 heterocycles. The lowest BCUT2D eigenvalue weighted by Crippen LogP contribution is -2.25. The lowest BCUT2D eigenvalue weighted by Gasteiger charge is -2.10. The van der Waals surface area contributed by atoms with E-state index in [1.807, 2.05) is 31.2 Å². The van der Waals surface area contributed by atoms with Crippen molar-refractivity contribution < 1.29 is 19.0 Å². The number of amides is 1. The number of nitrogens with zero attached hydrogens (tertiary/aromatic N) is 1. The Balaban J connectivity index is 1.95. The zero-order chi connectivity index (χ0) is 18.2. The van der Waals surface area contributed by atoms with E-state index in [-0.39, 0.29) is 12.5 Å². The molecule has 2 aromatic rings. The average Bonchev–Trinajstić information content (AvgIpc) is 2.63. The van der Waals surface area contributed by atoms with Crippen LogP contribution in [0.2, 0.25) is 0 Å². The number of benzene rings is 2. The number of rotatable bonds is 7. The Kier molecular flexibility index (Phi) is 6.39. The molecule has 0 aromatic heterocycles. The minimum Gasteiger partial charge on any atom is -0.493 e. The molecule has 1 N–H and O–H groups in total. The Morgan fingerprint density at radius 2 is 1.84 bits per heavy atom. The molecule has 0 aliphatic heterocycles. The van der Waals surface area contributed by atoms with E-state index in [0.717, 1.165) is 11.1 Å². The van der Waals surface area contributed by atoms with Crippen molar-refractivity contribution >= 4 is 11.6 Å². The van der Waals surface area contributed by atoms with Crippen LogP contribution in [-0.4, -0.2) is 32.4 Å². The van der Waals surface area contributed by atoms with Crippen LogP contribution in [0.25, 0.3) is 0 Å². The smallest absolute Gasteiger partial charge is 0.277 e. The summed E-state index contributed by atoms with van der Waals surface area (Å²) in [5, 5.41) is 4.10. The molecular formula is C19H22N2O4. The maximum Gasteiger partial charge on any atom is 0.277 e. The molecule has 0 aliphatic carbocycles. The van der Waals surface area contributed by atoms with Crippen LogP contribution in [0, 0.1) is 6.92 Å². The molecule has 0 unspecified atom stereocenters. The van der Waals surface area contributed by atoms with Crippen LogP contribution in [0.4, 0.5) is 0 Å². The maximum atomic E-state index is 11.9. The van der Waals surface area contributed by atoms with Gasteiger partial charge in [0.2, 0.25) is 0 Å². The van der Waals surface area contributed by atoms with Crippen LogP contribution in [0.1, 0.15) is 18.1 Å². The Hall–Kier alpha value is -3.02. The highest BCUT2D eigenvalue weighted by Gasteiger charge is 2.07. The molecule has 0 aliphatic rings. The van der Waals surface area contributed by atoms with Crippen LogP contribution >= 0.6 is 0 Å². The molecule has 2 aromatic carbocycles. The molecule has 0 bridgehead atoms. The molecule has 0 fully saturated rings. The Morgan fingerprint density at radius 3 is 2.52 bits per heavy atom. The van der Waals surface area contributed by atoms with E-state index in [2.05, 4.69) is 10.5 Å². The molecule has 0 saturated carbocycles. The van der Waals surface area contributed by atoms with Gasteiger partial charge in [-0.05, 0) is 49.7 Å². The van der Waals surface area contributed by atoms with E-state index in [1.165, 1.54) is 0 Å². The number of methoxy groups -OCH3 is 2. The van der Waals surface area contributed by atoms with Crippen molar-refractivity contribution in [2.45, 2.75) is 13.8 Å². The largest absolute Gasteiger partial charge is 0.493 e. The number of nitrogens with one attached hydrogen (secondary N) is 1. The summed E-state index contributed by atoms with van der Waals surface area (Å²) >= 11 is 0. The molecule has 132 valence electrons. The van der Waals surface area contributed by atoms with Gasteiger partial charge in [-0.3, -0.25) is 4.79 Å². The van der Waals surface area contributed by atoms with Crippen molar-refractivity contribution in [1.29, 1.82) is 0 Å². The fourth-order valence-electron chi connectivity index (χ4n) is 2.16. The van der Waals surface area contributed by atoms with Gasteiger partial charge in [-0.15, -0.1) is 0 Å². The van der Waals surface area contributed by atoms with Gasteiger partial charge in [-0.1, -0.05) is 12.1 Å². The first kappa shape index (κ1) is 18.3. The summed E-state index contributed by atoms with van der Waals surface area (Å²) in [7, 11) is 3.14. The predicted octanol–water partition coefficient (Wildman–Crippen LogP) is 2.93. The van der Waals surface area contributed by atoms with Crippen LogP contribution < -0.4 is 19.6 Å². The highest BCUT2D eigenvalue weighted by molar-refractivity contribution is 5.99. The second-order valence-corrected chi connectivity index (χ2v) is 5.41. The van der Waals surface area contributed by atoms with Crippen LogP contribution in [0.5, 0.6) is 17.2 Å². The molecule has 0 atom stereocenters. The number of hydrogen-bond donors (Lipinski definition) is 1. The van der Waals surface area contributed by atoms with Crippen molar-refractivity contribution in [3.05, 3.63) is 53.6 Å².